The van der Waals surface area contributed by atoms with Crippen LogP contribution >= 0.6 is 15.9 Å². The number of hydrogen-bond acceptors (Lipinski definition) is 4. The minimum Gasteiger partial charge on any atom is -0.466 e. The second-order valence-corrected chi connectivity index (χ2v) is 2.14. The minimum absolute atomic E-state index is 0.357. The molecule has 0 aromatic heterocycles. The Hall–Kier alpha value is -0.840. The molecule has 62 valence electrons. The average Bonchev–Trinajstić information content (AvgIpc) is 2.06. The van der Waals surface area contributed by atoms with Crippen molar-refractivity contribution in [2.45, 2.75) is 0 Å². The topological polar surface area (TPSA) is 58.9 Å². The molecule has 0 aliphatic rings. The van der Waals surface area contributed by atoms with E-state index >= 15 is 0 Å². The maximum atomic E-state index is 10.5. The zero-order valence-corrected chi connectivity index (χ0v) is 7.54. The van der Waals surface area contributed by atoms with E-state index in [-0.39, 0.29) is 0 Å². The number of oxime groups is 1. The smallest absolute Gasteiger partial charge is 0.330 e. The lowest BCUT2D eigenvalue weighted by atomic mass is 10.4. The van der Waals surface area contributed by atoms with Gasteiger partial charge in [-0.1, -0.05) is 21.1 Å². The Bertz CT molecular complexity index is 188. The fraction of sp³-hybridized carbons (Fsp3) is 0.333. The van der Waals surface area contributed by atoms with Crippen LogP contribution in [0.5, 0.6) is 0 Å². The Kier molecular flexibility index (Phi) is 5.46. The maximum absolute atomic E-state index is 10.5. The normalized spacial score (nSPS) is 12.0. The predicted molar refractivity (Wildman–Crippen MR) is 44.2 cm³/mol. The molecule has 11 heavy (non-hydrogen) atoms. The number of hydrogen-bond donors (Lipinski definition) is 1. The summed E-state index contributed by atoms with van der Waals surface area (Å²) in [7, 11) is 1.27. The Morgan fingerprint density at radius 1 is 1.73 bits per heavy atom. The van der Waals surface area contributed by atoms with Crippen molar-refractivity contribution < 1.29 is 14.7 Å². The van der Waals surface area contributed by atoms with Gasteiger partial charge in [0, 0.05) is 11.4 Å². The van der Waals surface area contributed by atoms with Gasteiger partial charge in [-0.2, -0.15) is 0 Å². The van der Waals surface area contributed by atoms with E-state index in [1.165, 1.54) is 19.3 Å². The van der Waals surface area contributed by atoms with Crippen LogP contribution in [-0.4, -0.2) is 29.3 Å². The second-order valence-electron chi connectivity index (χ2n) is 1.58. The van der Waals surface area contributed by atoms with Crippen LogP contribution in [0, 0.1) is 0 Å². The number of esters is 1. The number of rotatable bonds is 3. The van der Waals surface area contributed by atoms with Crippen molar-refractivity contribution in [2.24, 2.45) is 5.16 Å². The highest BCUT2D eigenvalue weighted by atomic mass is 79.9. The number of carbonyl (C=O) groups excluding carboxylic acids is 1. The number of methoxy groups -OCH3 is 1. The summed E-state index contributed by atoms with van der Waals surface area (Å²) in [6, 6.07) is 0. The van der Waals surface area contributed by atoms with Crippen molar-refractivity contribution in [3.63, 3.8) is 0 Å². The zero-order chi connectivity index (χ0) is 8.69. The van der Waals surface area contributed by atoms with Gasteiger partial charge in [0.05, 0.1) is 12.8 Å². The molecule has 0 atom stereocenters. The summed E-state index contributed by atoms with van der Waals surface area (Å²) in [6.07, 6.45) is 2.54. The molecule has 0 aliphatic carbocycles. The molecular weight excluding hydrogens is 214 g/mol. The van der Waals surface area contributed by atoms with Crippen LogP contribution in [-0.2, 0) is 9.53 Å². The number of halogens is 1. The molecule has 4 nitrogen and oxygen atoms in total. The molecule has 0 fully saturated rings. The van der Waals surface area contributed by atoms with Gasteiger partial charge in [-0.3, -0.25) is 0 Å². The first-order valence-electron chi connectivity index (χ1n) is 2.77. The number of carbonyl (C=O) groups is 1. The van der Waals surface area contributed by atoms with Crippen molar-refractivity contribution in [1.82, 2.24) is 0 Å². The van der Waals surface area contributed by atoms with Crippen molar-refractivity contribution in [3.8, 4) is 0 Å². The van der Waals surface area contributed by atoms with Crippen molar-refractivity contribution in [3.05, 3.63) is 12.2 Å². The molecule has 5 heteroatoms. The quantitative estimate of drug-likeness (QED) is 0.193. The van der Waals surface area contributed by atoms with E-state index in [0.29, 0.717) is 11.0 Å². The van der Waals surface area contributed by atoms with Crippen molar-refractivity contribution in [1.29, 1.82) is 0 Å². The number of ether oxygens (including phenoxy) is 1. The van der Waals surface area contributed by atoms with Gasteiger partial charge in [0.25, 0.3) is 0 Å². The molecule has 0 saturated heterocycles. The van der Waals surface area contributed by atoms with Gasteiger partial charge < -0.3 is 9.94 Å². The summed E-state index contributed by atoms with van der Waals surface area (Å²) in [5.41, 5.74) is 0.357. The maximum Gasteiger partial charge on any atom is 0.330 e. The van der Waals surface area contributed by atoms with Crippen LogP contribution in [0.25, 0.3) is 0 Å². The van der Waals surface area contributed by atoms with Crippen LogP contribution in [0.3, 0.4) is 0 Å². The Morgan fingerprint density at radius 2 is 2.36 bits per heavy atom. The Morgan fingerprint density at radius 3 is 2.73 bits per heavy atom. The number of alkyl halides is 1. The second kappa shape index (κ2) is 5.91. The molecular formula is C6H8BrNO3. The highest BCUT2D eigenvalue weighted by Gasteiger charge is 1.94. The molecule has 0 radical (unpaired) electrons. The highest BCUT2D eigenvalue weighted by Crippen LogP contribution is 1.88. The summed E-state index contributed by atoms with van der Waals surface area (Å²) in [4.78, 5) is 10.5. The molecule has 0 bridgehead atoms. The molecule has 0 rings (SSSR count). The molecule has 0 spiro atoms. The van der Waals surface area contributed by atoms with Crippen molar-refractivity contribution in [2.75, 3.05) is 12.4 Å². The standard InChI is InChI=1S/C6H8BrNO3/c1-11-6(9)3-2-5(4-7)8-10/h2-3,10H,4H2,1H3. The largest absolute Gasteiger partial charge is 0.466 e. The molecule has 0 unspecified atom stereocenters. The lowest BCUT2D eigenvalue weighted by Gasteiger charge is -1.90. The SMILES string of the molecule is COC(=O)C=CC(CBr)=NO. The summed E-state index contributed by atoms with van der Waals surface area (Å²) < 4.78 is 4.31. The Balaban J connectivity index is 4.00. The third-order valence-corrected chi connectivity index (χ3v) is 1.45. The van der Waals surface area contributed by atoms with Crippen LogP contribution in [0.4, 0.5) is 0 Å². The summed E-state index contributed by atoms with van der Waals surface area (Å²) in [5, 5.41) is 11.5. The van der Waals surface area contributed by atoms with Crippen LogP contribution < -0.4 is 0 Å². The van der Waals surface area contributed by atoms with Crippen LogP contribution in [0.1, 0.15) is 0 Å². The minimum atomic E-state index is -0.480. The summed E-state index contributed by atoms with van der Waals surface area (Å²) in [5.74, 6) is -0.480. The van der Waals surface area contributed by atoms with Crippen molar-refractivity contribution >= 4 is 27.6 Å². The summed E-state index contributed by atoms with van der Waals surface area (Å²) in [6.45, 7) is 0. The van der Waals surface area contributed by atoms with E-state index in [1.54, 1.807) is 0 Å². The van der Waals surface area contributed by atoms with Gasteiger partial charge in [0.15, 0.2) is 0 Å². The van der Waals surface area contributed by atoms with E-state index in [2.05, 4.69) is 25.8 Å². The number of allylic oxidation sites excluding steroid dienone is 1. The van der Waals surface area contributed by atoms with Gasteiger partial charge in [-0.05, 0) is 6.08 Å². The first kappa shape index (κ1) is 10.2. The molecule has 0 saturated carbocycles. The predicted octanol–water partition coefficient (Wildman–Crippen LogP) is 0.941. The zero-order valence-electron chi connectivity index (χ0n) is 5.95. The third kappa shape index (κ3) is 4.55. The Labute approximate surface area is 72.7 Å². The molecule has 0 aromatic carbocycles. The van der Waals surface area contributed by atoms with Gasteiger partial charge in [-0.15, -0.1) is 0 Å². The fourth-order valence-electron chi connectivity index (χ4n) is 0.337. The van der Waals surface area contributed by atoms with E-state index in [0.717, 1.165) is 0 Å². The van der Waals surface area contributed by atoms with Gasteiger partial charge >= 0.3 is 5.97 Å². The molecule has 0 aromatic rings. The van der Waals surface area contributed by atoms with E-state index in [9.17, 15) is 4.79 Å². The average molecular weight is 222 g/mol. The van der Waals surface area contributed by atoms with Crippen LogP contribution in [0.2, 0.25) is 0 Å². The fourth-order valence-corrected chi connectivity index (χ4v) is 0.636. The lowest BCUT2D eigenvalue weighted by molar-refractivity contribution is -0.134. The van der Waals surface area contributed by atoms with Gasteiger partial charge in [0.1, 0.15) is 0 Å². The molecule has 0 aliphatic heterocycles. The van der Waals surface area contributed by atoms with Gasteiger partial charge in [0.2, 0.25) is 0 Å². The van der Waals surface area contributed by atoms with E-state index < -0.39 is 5.97 Å². The monoisotopic (exact) mass is 221 g/mol. The lowest BCUT2D eigenvalue weighted by Crippen LogP contribution is -1.99. The third-order valence-electron chi connectivity index (χ3n) is 0.878. The molecule has 1 N–H and O–H groups in total. The number of nitrogens with zero attached hydrogens (tertiary/aromatic N) is 1. The first-order chi connectivity index (χ1) is 5.24. The van der Waals surface area contributed by atoms with E-state index in [4.69, 9.17) is 5.21 Å². The highest BCUT2D eigenvalue weighted by molar-refractivity contribution is 9.09. The molecule has 0 amide bonds. The molecule has 0 heterocycles. The first-order valence-corrected chi connectivity index (χ1v) is 3.89. The van der Waals surface area contributed by atoms with E-state index in [1.807, 2.05) is 0 Å². The summed E-state index contributed by atoms with van der Waals surface area (Å²) >= 11 is 3.05. The van der Waals surface area contributed by atoms with Crippen LogP contribution in [0.15, 0.2) is 17.3 Å². The van der Waals surface area contributed by atoms with Gasteiger partial charge in [-0.25, -0.2) is 4.79 Å².